The van der Waals surface area contributed by atoms with E-state index in [4.69, 9.17) is 9.84 Å². The summed E-state index contributed by atoms with van der Waals surface area (Å²) in [5, 5.41) is 11.6. The van der Waals surface area contributed by atoms with Crippen molar-refractivity contribution in [3.63, 3.8) is 0 Å². The molecular weight excluding hydrogens is 378 g/mol. The van der Waals surface area contributed by atoms with E-state index in [0.717, 1.165) is 17.6 Å². The zero-order chi connectivity index (χ0) is 22.1. The topological polar surface area (TPSA) is 75.6 Å². The number of hydrogen-bond acceptors (Lipinski definition) is 3. The van der Waals surface area contributed by atoms with Crippen LogP contribution in [0.15, 0.2) is 54.6 Å². The summed E-state index contributed by atoms with van der Waals surface area (Å²) < 4.78 is 5.63. The van der Waals surface area contributed by atoms with Crippen molar-refractivity contribution in [1.82, 2.24) is 0 Å². The van der Waals surface area contributed by atoms with Gasteiger partial charge in [-0.15, -0.1) is 0 Å². The van der Waals surface area contributed by atoms with E-state index in [9.17, 15) is 9.59 Å². The molecule has 0 saturated heterocycles. The molecule has 0 aliphatic carbocycles. The molecule has 2 aromatic rings. The summed E-state index contributed by atoms with van der Waals surface area (Å²) in [5.74, 6) is -0.575. The molecule has 0 heterocycles. The molecule has 0 fully saturated rings. The number of rotatable bonds is 9. The number of anilines is 1. The van der Waals surface area contributed by atoms with Crippen LogP contribution in [-0.4, -0.2) is 23.6 Å². The third-order valence-corrected chi connectivity index (χ3v) is 4.43. The quantitative estimate of drug-likeness (QED) is 0.420. The predicted molar refractivity (Wildman–Crippen MR) is 121 cm³/mol. The molecule has 2 rings (SSSR count). The molecular formula is C25H31NO4. The summed E-state index contributed by atoms with van der Waals surface area (Å²) in [7, 11) is 0. The number of allylic oxidation sites excluding steroid dienone is 1. The highest BCUT2D eigenvalue weighted by Crippen LogP contribution is 2.25. The highest BCUT2D eigenvalue weighted by Gasteiger charge is 2.11. The number of para-hydroxylation sites is 2. The Morgan fingerprint density at radius 3 is 2.37 bits per heavy atom. The molecule has 2 aromatic carbocycles. The smallest absolute Gasteiger partial charge is 0.303 e. The highest BCUT2D eigenvalue weighted by molar-refractivity contribution is 6.04. The molecule has 0 aromatic heterocycles. The van der Waals surface area contributed by atoms with Crippen LogP contribution in [0.25, 0.3) is 5.57 Å². The molecule has 0 radical (unpaired) electrons. The fourth-order valence-electron chi connectivity index (χ4n) is 3.05. The van der Waals surface area contributed by atoms with Crippen molar-refractivity contribution in [2.24, 2.45) is 5.41 Å². The Bertz CT molecular complexity index is 892. The molecule has 2 N–H and O–H groups in total. The van der Waals surface area contributed by atoms with Crippen LogP contribution in [0.2, 0.25) is 0 Å². The van der Waals surface area contributed by atoms with E-state index in [1.54, 1.807) is 18.2 Å². The fourth-order valence-corrected chi connectivity index (χ4v) is 3.05. The van der Waals surface area contributed by atoms with E-state index in [0.29, 0.717) is 17.9 Å². The molecule has 0 spiro atoms. The van der Waals surface area contributed by atoms with Gasteiger partial charge >= 0.3 is 5.97 Å². The summed E-state index contributed by atoms with van der Waals surface area (Å²) in [6.45, 7) is 8.82. The molecule has 0 unspecified atom stereocenters. The van der Waals surface area contributed by atoms with Gasteiger partial charge < -0.3 is 15.2 Å². The van der Waals surface area contributed by atoms with Crippen LogP contribution in [0.1, 0.15) is 51.7 Å². The molecule has 0 aliphatic heterocycles. The number of carboxylic acids is 1. The average Bonchev–Trinajstić information content (AvgIpc) is 2.65. The minimum Gasteiger partial charge on any atom is -0.491 e. The average molecular weight is 410 g/mol. The Balaban J connectivity index is 2.00. The Labute approximate surface area is 178 Å². The van der Waals surface area contributed by atoms with Gasteiger partial charge in [0.15, 0.2) is 0 Å². The number of benzene rings is 2. The SMILES string of the molecule is CC(=CC(=O)Nc1ccccc1OCCCC(=O)O)c1ccc(CC(C)(C)C)cc1. The van der Waals surface area contributed by atoms with Crippen LogP contribution < -0.4 is 10.1 Å². The minimum atomic E-state index is -0.854. The van der Waals surface area contributed by atoms with Crippen molar-refractivity contribution in [3.8, 4) is 5.75 Å². The number of carbonyl (C=O) groups excluding carboxylic acids is 1. The molecule has 160 valence electrons. The van der Waals surface area contributed by atoms with Crippen molar-refractivity contribution >= 4 is 23.1 Å². The zero-order valence-corrected chi connectivity index (χ0v) is 18.2. The number of aliphatic carboxylic acids is 1. The minimum absolute atomic E-state index is 0.0466. The lowest BCUT2D eigenvalue weighted by atomic mass is 9.88. The molecule has 0 bridgehead atoms. The number of amides is 1. The van der Waals surface area contributed by atoms with Crippen molar-refractivity contribution in [2.45, 2.75) is 47.0 Å². The molecule has 30 heavy (non-hydrogen) atoms. The number of ether oxygens (including phenoxy) is 1. The van der Waals surface area contributed by atoms with E-state index < -0.39 is 5.97 Å². The zero-order valence-electron chi connectivity index (χ0n) is 18.2. The van der Waals surface area contributed by atoms with E-state index in [1.807, 2.05) is 31.2 Å². The van der Waals surface area contributed by atoms with E-state index in [-0.39, 0.29) is 24.3 Å². The first-order valence-electron chi connectivity index (χ1n) is 10.2. The maximum Gasteiger partial charge on any atom is 0.303 e. The van der Waals surface area contributed by atoms with Crippen molar-refractivity contribution in [1.29, 1.82) is 0 Å². The van der Waals surface area contributed by atoms with Gasteiger partial charge in [0.05, 0.1) is 12.3 Å². The number of carbonyl (C=O) groups is 2. The largest absolute Gasteiger partial charge is 0.491 e. The first-order chi connectivity index (χ1) is 14.1. The van der Waals surface area contributed by atoms with Crippen LogP contribution >= 0.6 is 0 Å². The van der Waals surface area contributed by atoms with Gasteiger partial charge in [0.2, 0.25) is 5.91 Å². The summed E-state index contributed by atoms with van der Waals surface area (Å²) in [6, 6.07) is 15.4. The van der Waals surface area contributed by atoms with Gasteiger partial charge in [-0.05, 0) is 54.0 Å². The van der Waals surface area contributed by atoms with Crippen molar-refractivity contribution in [3.05, 3.63) is 65.7 Å². The van der Waals surface area contributed by atoms with Crippen LogP contribution in [0.3, 0.4) is 0 Å². The lowest BCUT2D eigenvalue weighted by Gasteiger charge is -2.18. The van der Waals surface area contributed by atoms with E-state index >= 15 is 0 Å². The second kappa shape index (κ2) is 10.6. The fraction of sp³-hybridized carbons (Fsp3) is 0.360. The summed E-state index contributed by atoms with van der Waals surface area (Å²) in [5.41, 5.74) is 3.94. The monoisotopic (exact) mass is 409 g/mol. The Kier molecular flexibility index (Phi) is 8.22. The first-order valence-corrected chi connectivity index (χ1v) is 10.2. The van der Waals surface area contributed by atoms with Gasteiger partial charge in [-0.1, -0.05) is 57.2 Å². The lowest BCUT2D eigenvalue weighted by molar-refractivity contribution is -0.137. The second-order valence-corrected chi connectivity index (χ2v) is 8.59. The molecule has 5 heteroatoms. The van der Waals surface area contributed by atoms with Gasteiger partial charge in [-0.2, -0.15) is 0 Å². The van der Waals surface area contributed by atoms with Crippen LogP contribution in [0.4, 0.5) is 5.69 Å². The molecule has 1 amide bonds. The van der Waals surface area contributed by atoms with Gasteiger partial charge in [-0.3, -0.25) is 9.59 Å². The van der Waals surface area contributed by atoms with Gasteiger partial charge in [0.25, 0.3) is 0 Å². The van der Waals surface area contributed by atoms with Gasteiger partial charge in [-0.25, -0.2) is 0 Å². The first kappa shape index (κ1) is 23.2. The maximum atomic E-state index is 12.5. The maximum absolute atomic E-state index is 12.5. The van der Waals surface area contributed by atoms with E-state index in [1.165, 1.54) is 5.56 Å². The standard InChI is InChI=1S/C25H31NO4/c1-18(20-13-11-19(12-14-20)17-25(2,3)4)16-23(27)26-21-8-5-6-9-22(21)30-15-7-10-24(28)29/h5-6,8-9,11-14,16H,7,10,15,17H2,1-4H3,(H,26,27)(H,28,29). The lowest BCUT2D eigenvalue weighted by Crippen LogP contribution is -2.11. The summed E-state index contributed by atoms with van der Waals surface area (Å²) >= 11 is 0. The van der Waals surface area contributed by atoms with E-state index in [2.05, 4.69) is 38.2 Å². The van der Waals surface area contributed by atoms with Crippen LogP contribution in [0.5, 0.6) is 5.75 Å². The molecule has 0 aliphatic rings. The van der Waals surface area contributed by atoms with Gasteiger partial charge in [0, 0.05) is 12.5 Å². The number of carboxylic acid groups (broad SMARTS) is 1. The molecule has 5 nitrogen and oxygen atoms in total. The Morgan fingerprint density at radius 1 is 1.07 bits per heavy atom. The normalized spacial score (nSPS) is 11.8. The van der Waals surface area contributed by atoms with Crippen LogP contribution in [-0.2, 0) is 16.0 Å². The number of nitrogens with one attached hydrogen (secondary N) is 1. The summed E-state index contributed by atoms with van der Waals surface area (Å²) in [6.07, 6.45) is 3.02. The third kappa shape index (κ3) is 8.11. The number of hydrogen-bond donors (Lipinski definition) is 2. The third-order valence-electron chi connectivity index (χ3n) is 4.43. The van der Waals surface area contributed by atoms with Crippen molar-refractivity contribution < 1.29 is 19.4 Å². The van der Waals surface area contributed by atoms with Crippen molar-refractivity contribution in [2.75, 3.05) is 11.9 Å². The van der Waals surface area contributed by atoms with Crippen LogP contribution in [0, 0.1) is 5.41 Å². The summed E-state index contributed by atoms with van der Waals surface area (Å²) in [4.78, 5) is 23.1. The second-order valence-electron chi connectivity index (χ2n) is 8.59. The molecule has 0 atom stereocenters. The highest BCUT2D eigenvalue weighted by atomic mass is 16.5. The van der Waals surface area contributed by atoms with Gasteiger partial charge in [0.1, 0.15) is 5.75 Å². The predicted octanol–water partition coefficient (Wildman–Crippen LogP) is 5.56. The Morgan fingerprint density at radius 2 is 1.73 bits per heavy atom. The Hall–Kier alpha value is -3.08. The molecule has 0 saturated carbocycles.